The lowest BCUT2D eigenvalue weighted by Crippen LogP contribution is -2.16. The molecule has 0 N–H and O–H groups in total. The summed E-state index contributed by atoms with van der Waals surface area (Å²) in [7, 11) is 0. The van der Waals surface area contributed by atoms with E-state index in [1.807, 2.05) is 11.8 Å². The van der Waals surface area contributed by atoms with E-state index in [0.717, 1.165) is 45.4 Å². The van der Waals surface area contributed by atoms with Crippen molar-refractivity contribution >= 4 is 28.8 Å². The summed E-state index contributed by atoms with van der Waals surface area (Å²) in [6, 6.07) is 57.2. The normalized spacial score (nSPS) is 13.8. The minimum atomic E-state index is -0.110. The summed E-state index contributed by atoms with van der Waals surface area (Å²) in [5.74, 6) is 2.08. The Bertz CT molecular complexity index is 2270. The molecule has 6 aromatic carbocycles. The zero-order chi connectivity index (χ0) is 33.0. The Labute approximate surface area is 293 Å². The van der Waals surface area contributed by atoms with Crippen LogP contribution >= 0.6 is 11.8 Å². The predicted molar refractivity (Wildman–Crippen MR) is 208 cm³/mol. The molecule has 1 aromatic heterocycles. The highest BCUT2D eigenvalue weighted by atomic mass is 32.2. The lowest BCUT2D eigenvalue weighted by molar-refractivity contribution is 0.660. The van der Waals surface area contributed by atoms with Gasteiger partial charge < -0.3 is 4.90 Å². The van der Waals surface area contributed by atoms with Crippen molar-refractivity contribution in [3.63, 3.8) is 0 Å². The average Bonchev–Trinajstić information content (AvgIpc) is 3.73. The second-order valence-corrected chi connectivity index (χ2v) is 14.5. The molecule has 7 aromatic rings. The van der Waals surface area contributed by atoms with E-state index in [2.05, 4.69) is 176 Å². The molecule has 9 rings (SSSR count). The van der Waals surface area contributed by atoms with Crippen LogP contribution in [0.2, 0.25) is 0 Å². The number of pyridine rings is 1. The van der Waals surface area contributed by atoms with E-state index in [0.29, 0.717) is 0 Å². The molecule has 3 heteroatoms. The van der Waals surface area contributed by atoms with Gasteiger partial charge in [0.25, 0.3) is 0 Å². The molecule has 0 bridgehead atoms. The van der Waals surface area contributed by atoms with Gasteiger partial charge in [-0.05, 0) is 69.3 Å². The monoisotopic (exact) mass is 648 g/mol. The molecule has 1 aliphatic carbocycles. The van der Waals surface area contributed by atoms with Gasteiger partial charge in [-0.25, -0.2) is 4.98 Å². The summed E-state index contributed by atoms with van der Waals surface area (Å²) in [5.41, 5.74) is 18.3. The Hall–Kier alpha value is -5.38. The van der Waals surface area contributed by atoms with Crippen LogP contribution in [0.5, 0.6) is 0 Å². The lowest BCUT2D eigenvalue weighted by Gasteiger charge is -2.31. The molecular formula is C46H36N2S. The van der Waals surface area contributed by atoms with Crippen LogP contribution in [-0.4, -0.2) is 4.98 Å². The van der Waals surface area contributed by atoms with Gasteiger partial charge in [0.2, 0.25) is 0 Å². The Balaban J connectivity index is 1.39. The van der Waals surface area contributed by atoms with E-state index in [1.54, 1.807) is 0 Å². The zero-order valence-electron chi connectivity index (χ0n) is 27.7. The first-order valence-electron chi connectivity index (χ1n) is 17.0. The van der Waals surface area contributed by atoms with Gasteiger partial charge in [-0.15, -0.1) is 0 Å². The van der Waals surface area contributed by atoms with Gasteiger partial charge in [0.15, 0.2) is 0 Å². The van der Waals surface area contributed by atoms with Crippen molar-refractivity contribution in [2.24, 2.45) is 0 Å². The van der Waals surface area contributed by atoms with E-state index in [9.17, 15) is 0 Å². The molecule has 2 heterocycles. The van der Waals surface area contributed by atoms with Crippen LogP contribution in [0.3, 0.4) is 0 Å². The van der Waals surface area contributed by atoms with Crippen molar-refractivity contribution in [2.45, 2.75) is 30.8 Å². The maximum atomic E-state index is 5.25. The number of thioether (sulfide) groups is 1. The van der Waals surface area contributed by atoms with Crippen LogP contribution in [0.15, 0.2) is 158 Å². The maximum absolute atomic E-state index is 5.25. The highest BCUT2D eigenvalue weighted by Gasteiger charge is 2.39. The van der Waals surface area contributed by atoms with Crippen LogP contribution in [-0.2, 0) is 16.9 Å². The van der Waals surface area contributed by atoms with Gasteiger partial charge in [-0.2, -0.15) is 11.8 Å². The van der Waals surface area contributed by atoms with Gasteiger partial charge in [-0.1, -0.05) is 141 Å². The van der Waals surface area contributed by atoms with Gasteiger partial charge >= 0.3 is 0 Å². The third-order valence-corrected chi connectivity index (χ3v) is 11.2. The fourth-order valence-electron chi connectivity index (χ4n) is 7.84. The van der Waals surface area contributed by atoms with Crippen molar-refractivity contribution in [1.29, 1.82) is 0 Å². The zero-order valence-corrected chi connectivity index (χ0v) is 28.5. The molecule has 0 saturated carbocycles. The fourth-order valence-corrected chi connectivity index (χ4v) is 8.98. The summed E-state index contributed by atoms with van der Waals surface area (Å²) < 4.78 is 0. The van der Waals surface area contributed by atoms with E-state index >= 15 is 0 Å². The molecule has 0 fully saturated rings. The van der Waals surface area contributed by atoms with Crippen molar-refractivity contribution in [1.82, 2.24) is 4.98 Å². The highest BCUT2D eigenvalue weighted by molar-refractivity contribution is 7.98. The van der Waals surface area contributed by atoms with Crippen LogP contribution in [0.4, 0.5) is 17.1 Å². The summed E-state index contributed by atoms with van der Waals surface area (Å²) >= 11 is 2.01. The minimum Gasteiger partial charge on any atom is -0.310 e. The van der Waals surface area contributed by atoms with Gasteiger partial charge in [0, 0.05) is 39.3 Å². The van der Waals surface area contributed by atoms with Crippen LogP contribution in [0.25, 0.3) is 44.8 Å². The Kier molecular flexibility index (Phi) is 7.25. The summed E-state index contributed by atoms with van der Waals surface area (Å²) in [6.07, 6.45) is 0. The number of rotatable bonds is 6. The SMILES string of the molecule is CC1(C)c2ccccc2-c2c1ccc(N(c1ccccc1)c1cc(-c3ccccc3)nc(-c3ccccc3)c1)c2-c1cccc2c1CSC2. The van der Waals surface area contributed by atoms with Crippen LogP contribution < -0.4 is 4.90 Å². The Morgan fingerprint density at radius 1 is 0.531 bits per heavy atom. The van der Waals surface area contributed by atoms with E-state index in [1.165, 1.54) is 50.2 Å². The van der Waals surface area contributed by atoms with Crippen molar-refractivity contribution < 1.29 is 0 Å². The number of para-hydroxylation sites is 1. The molecule has 0 atom stereocenters. The quantitative estimate of drug-likeness (QED) is 0.178. The molecule has 0 saturated heterocycles. The van der Waals surface area contributed by atoms with E-state index in [4.69, 9.17) is 4.98 Å². The van der Waals surface area contributed by atoms with Crippen molar-refractivity contribution in [2.75, 3.05) is 4.90 Å². The molecule has 1 aliphatic heterocycles. The smallest absolute Gasteiger partial charge is 0.0730 e. The van der Waals surface area contributed by atoms with Crippen LogP contribution in [0, 0.1) is 0 Å². The largest absolute Gasteiger partial charge is 0.310 e. The third-order valence-electron chi connectivity index (χ3n) is 10.2. The Morgan fingerprint density at radius 3 is 1.84 bits per heavy atom. The maximum Gasteiger partial charge on any atom is 0.0730 e. The molecular weight excluding hydrogens is 613 g/mol. The molecule has 0 spiro atoms. The van der Waals surface area contributed by atoms with Gasteiger partial charge in [-0.3, -0.25) is 0 Å². The first-order valence-corrected chi connectivity index (χ1v) is 18.2. The topological polar surface area (TPSA) is 16.1 Å². The fraction of sp³-hybridized carbons (Fsp3) is 0.109. The van der Waals surface area contributed by atoms with Crippen LogP contribution in [0.1, 0.15) is 36.1 Å². The first kappa shape index (κ1) is 29.7. The summed E-state index contributed by atoms with van der Waals surface area (Å²) in [6.45, 7) is 4.75. The van der Waals surface area contributed by atoms with Crippen molar-refractivity contribution in [3.8, 4) is 44.8 Å². The standard InChI is InChI=1S/C46H36N2S/c1-46(2)39-24-13-12-22-37(39)44-40(46)25-26-43(45(44)36-23-14-19-33-29-49-30-38(33)36)48(34-20-10-5-11-21-34)35-27-41(31-15-6-3-7-16-31)47-42(28-35)32-17-8-4-9-18-32/h3-28H,29-30H2,1-2H3. The number of aromatic nitrogens is 1. The number of anilines is 3. The second kappa shape index (κ2) is 11.9. The number of nitrogens with zero attached hydrogens (tertiary/aromatic N) is 2. The summed E-state index contributed by atoms with van der Waals surface area (Å²) in [5, 5.41) is 0. The average molecular weight is 649 g/mol. The predicted octanol–water partition coefficient (Wildman–Crippen LogP) is 12.6. The van der Waals surface area contributed by atoms with Crippen molar-refractivity contribution in [3.05, 3.63) is 180 Å². The second-order valence-electron chi connectivity index (χ2n) is 13.5. The van der Waals surface area contributed by atoms with E-state index < -0.39 is 0 Å². The molecule has 236 valence electrons. The molecule has 0 unspecified atom stereocenters. The molecule has 2 aliphatic rings. The number of benzene rings is 6. The number of fused-ring (bicyclic) bond motifs is 4. The highest BCUT2D eigenvalue weighted by Crippen LogP contribution is 2.57. The minimum absolute atomic E-state index is 0.110. The molecule has 0 radical (unpaired) electrons. The molecule has 2 nitrogen and oxygen atoms in total. The summed E-state index contributed by atoms with van der Waals surface area (Å²) in [4.78, 5) is 7.71. The Morgan fingerprint density at radius 2 is 1.14 bits per heavy atom. The molecule has 49 heavy (non-hydrogen) atoms. The number of hydrogen-bond donors (Lipinski definition) is 0. The third kappa shape index (κ3) is 5.00. The van der Waals surface area contributed by atoms with Gasteiger partial charge in [0.1, 0.15) is 0 Å². The van der Waals surface area contributed by atoms with Gasteiger partial charge in [0.05, 0.1) is 22.8 Å². The lowest BCUT2D eigenvalue weighted by atomic mass is 9.81. The number of hydrogen-bond acceptors (Lipinski definition) is 3. The first-order chi connectivity index (χ1) is 24.1. The molecule has 0 amide bonds. The van der Waals surface area contributed by atoms with E-state index in [-0.39, 0.29) is 5.41 Å².